The predicted octanol–water partition coefficient (Wildman–Crippen LogP) is 2.49. The first-order valence-electron chi connectivity index (χ1n) is 5.70. The van der Waals surface area contributed by atoms with Gasteiger partial charge in [-0.2, -0.15) is 0 Å². The molecule has 4 nitrogen and oxygen atoms in total. The van der Waals surface area contributed by atoms with Gasteiger partial charge >= 0.3 is 11.9 Å². The van der Waals surface area contributed by atoms with Crippen LogP contribution in [0.4, 0.5) is 0 Å². The van der Waals surface area contributed by atoms with Crippen LogP contribution in [-0.4, -0.2) is 19.0 Å². The summed E-state index contributed by atoms with van der Waals surface area (Å²) in [5, 5.41) is 0. The Morgan fingerprint density at radius 1 is 1.11 bits per heavy atom. The topological polar surface area (TPSA) is 52.6 Å². The fourth-order valence-electron chi connectivity index (χ4n) is 1.27. The molecule has 1 aromatic rings. The molecule has 0 aromatic heterocycles. The van der Waals surface area contributed by atoms with Crippen molar-refractivity contribution in [3.63, 3.8) is 0 Å². The summed E-state index contributed by atoms with van der Waals surface area (Å²) in [6.45, 7) is 5.19. The molecule has 0 heterocycles. The summed E-state index contributed by atoms with van der Waals surface area (Å²) < 4.78 is 9.90. The van der Waals surface area contributed by atoms with Crippen molar-refractivity contribution in [3.8, 4) is 0 Å². The lowest BCUT2D eigenvalue weighted by atomic mass is 9.97. The van der Waals surface area contributed by atoms with Gasteiger partial charge in [0.25, 0.3) is 0 Å². The van der Waals surface area contributed by atoms with Crippen molar-refractivity contribution < 1.29 is 19.1 Å². The number of benzene rings is 1. The molecule has 4 heteroatoms. The Kier molecular flexibility index (Phi) is 4.48. The summed E-state index contributed by atoms with van der Waals surface area (Å²) >= 11 is 0. The van der Waals surface area contributed by atoms with Crippen LogP contribution in [0.5, 0.6) is 0 Å². The van der Waals surface area contributed by atoms with E-state index in [9.17, 15) is 9.59 Å². The van der Waals surface area contributed by atoms with E-state index in [-0.39, 0.29) is 0 Å². The SMILES string of the molecule is COC(=O)[C@H](OC(=O)C(C)(C)C)c1ccccc1. The van der Waals surface area contributed by atoms with E-state index in [4.69, 9.17) is 4.74 Å². The molecule has 0 radical (unpaired) electrons. The van der Waals surface area contributed by atoms with Gasteiger partial charge in [-0.1, -0.05) is 30.3 Å². The molecule has 0 saturated heterocycles. The Morgan fingerprint density at radius 3 is 2.11 bits per heavy atom. The maximum absolute atomic E-state index is 11.8. The van der Waals surface area contributed by atoms with Crippen LogP contribution < -0.4 is 0 Å². The third-order valence-electron chi connectivity index (χ3n) is 2.35. The third-order valence-corrected chi connectivity index (χ3v) is 2.35. The average molecular weight is 250 g/mol. The van der Waals surface area contributed by atoms with Crippen molar-refractivity contribution in [3.05, 3.63) is 35.9 Å². The van der Waals surface area contributed by atoms with Gasteiger partial charge in [0, 0.05) is 5.56 Å². The van der Waals surface area contributed by atoms with E-state index in [0.29, 0.717) is 5.56 Å². The fourth-order valence-corrected chi connectivity index (χ4v) is 1.27. The van der Waals surface area contributed by atoms with Crippen molar-refractivity contribution in [1.29, 1.82) is 0 Å². The molecular formula is C14H18O4. The van der Waals surface area contributed by atoms with Crippen LogP contribution in [0.3, 0.4) is 0 Å². The minimum Gasteiger partial charge on any atom is -0.466 e. The fraction of sp³-hybridized carbons (Fsp3) is 0.429. The monoisotopic (exact) mass is 250 g/mol. The summed E-state index contributed by atoms with van der Waals surface area (Å²) in [5.41, 5.74) is -0.0666. The van der Waals surface area contributed by atoms with E-state index in [1.54, 1.807) is 45.0 Å². The van der Waals surface area contributed by atoms with E-state index in [1.807, 2.05) is 6.07 Å². The Hall–Kier alpha value is -1.84. The molecule has 0 aliphatic carbocycles. The molecule has 1 atom stereocenters. The normalized spacial score (nSPS) is 12.7. The summed E-state index contributed by atoms with van der Waals surface area (Å²) in [6, 6.07) is 8.81. The predicted molar refractivity (Wildman–Crippen MR) is 66.7 cm³/mol. The molecule has 0 N–H and O–H groups in total. The van der Waals surface area contributed by atoms with Crippen LogP contribution in [0.15, 0.2) is 30.3 Å². The number of esters is 2. The van der Waals surface area contributed by atoms with Gasteiger partial charge in [-0.25, -0.2) is 4.79 Å². The van der Waals surface area contributed by atoms with Gasteiger partial charge in [0.1, 0.15) is 0 Å². The van der Waals surface area contributed by atoms with Crippen LogP contribution >= 0.6 is 0 Å². The molecular weight excluding hydrogens is 232 g/mol. The van der Waals surface area contributed by atoms with Gasteiger partial charge in [-0.15, -0.1) is 0 Å². The zero-order chi connectivity index (χ0) is 13.8. The second-order valence-corrected chi connectivity index (χ2v) is 4.97. The Balaban J connectivity index is 2.95. The highest BCUT2D eigenvalue weighted by molar-refractivity contribution is 5.82. The number of hydrogen-bond acceptors (Lipinski definition) is 4. The highest BCUT2D eigenvalue weighted by Crippen LogP contribution is 2.24. The molecule has 0 saturated carbocycles. The molecule has 0 aliphatic rings. The van der Waals surface area contributed by atoms with Gasteiger partial charge in [0.2, 0.25) is 6.10 Å². The van der Waals surface area contributed by atoms with Crippen LogP contribution in [0.2, 0.25) is 0 Å². The van der Waals surface area contributed by atoms with E-state index in [2.05, 4.69) is 4.74 Å². The van der Waals surface area contributed by atoms with Crippen molar-refractivity contribution in [2.24, 2.45) is 5.41 Å². The number of hydrogen-bond donors (Lipinski definition) is 0. The average Bonchev–Trinajstić information content (AvgIpc) is 2.34. The lowest BCUT2D eigenvalue weighted by molar-refractivity contribution is -0.172. The summed E-state index contributed by atoms with van der Waals surface area (Å²) in [6.07, 6.45) is -1.01. The zero-order valence-corrected chi connectivity index (χ0v) is 11.1. The van der Waals surface area contributed by atoms with Gasteiger partial charge in [0.15, 0.2) is 0 Å². The number of carbonyl (C=O) groups is 2. The maximum atomic E-state index is 11.8. The summed E-state index contributed by atoms with van der Waals surface area (Å²) in [7, 11) is 1.27. The molecule has 18 heavy (non-hydrogen) atoms. The van der Waals surface area contributed by atoms with Crippen molar-refractivity contribution in [2.45, 2.75) is 26.9 Å². The van der Waals surface area contributed by atoms with Gasteiger partial charge in [-0.05, 0) is 20.8 Å². The number of ether oxygens (including phenoxy) is 2. The number of methoxy groups -OCH3 is 1. The van der Waals surface area contributed by atoms with E-state index >= 15 is 0 Å². The summed E-state index contributed by atoms with van der Waals surface area (Å²) in [5.74, 6) is -1.03. The quantitative estimate of drug-likeness (QED) is 0.773. The lowest BCUT2D eigenvalue weighted by Gasteiger charge is -2.22. The van der Waals surface area contributed by atoms with Crippen LogP contribution in [-0.2, 0) is 19.1 Å². The zero-order valence-electron chi connectivity index (χ0n) is 11.1. The molecule has 98 valence electrons. The van der Waals surface area contributed by atoms with E-state index in [1.165, 1.54) is 7.11 Å². The highest BCUT2D eigenvalue weighted by Gasteiger charge is 2.31. The smallest absolute Gasteiger partial charge is 0.351 e. The molecule has 0 unspecified atom stereocenters. The Bertz CT molecular complexity index is 417. The molecule has 0 aliphatic heterocycles. The standard InChI is InChI=1S/C14H18O4/c1-14(2,3)13(16)18-11(12(15)17-4)10-8-6-5-7-9-10/h5-9,11H,1-4H3/t11-/m1/s1. The first-order chi connectivity index (χ1) is 8.36. The van der Waals surface area contributed by atoms with Gasteiger partial charge in [0.05, 0.1) is 12.5 Å². The van der Waals surface area contributed by atoms with Crippen molar-refractivity contribution in [1.82, 2.24) is 0 Å². The van der Waals surface area contributed by atoms with Crippen LogP contribution in [0, 0.1) is 5.41 Å². The maximum Gasteiger partial charge on any atom is 0.351 e. The molecule has 1 rings (SSSR count). The van der Waals surface area contributed by atoms with Crippen molar-refractivity contribution >= 4 is 11.9 Å². The molecule has 0 fully saturated rings. The first kappa shape index (κ1) is 14.2. The van der Waals surface area contributed by atoms with E-state index < -0.39 is 23.5 Å². The van der Waals surface area contributed by atoms with Crippen molar-refractivity contribution in [2.75, 3.05) is 7.11 Å². The van der Waals surface area contributed by atoms with Gasteiger partial charge < -0.3 is 9.47 Å². The minimum absolute atomic E-state index is 0.443. The minimum atomic E-state index is -1.01. The molecule has 1 aromatic carbocycles. The second-order valence-electron chi connectivity index (χ2n) is 4.97. The largest absolute Gasteiger partial charge is 0.466 e. The van der Waals surface area contributed by atoms with Gasteiger partial charge in [-0.3, -0.25) is 4.79 Å². The second kappa shape index (κ2) is 5.67. The summed E-state index contributed by atoms with van der Waals surface area (Å²) in [4.78, 5) is 23.5. The molecule has 0 amide bonds. The highest BCUT2D eigenvalue weighted by atomic mass is 16.6. The number of rotatable bonds is 3. The Morgan fingerprint density at radius 2 is 1.67 bits per heavy atom. The van der Waals surface area contributed by atoms with E-state index in [0.717, 1.165) is 0 Å². The Labute approximate surface area is 107 Å². The molecule has 0 bridgehead atoms. The van der Waals surface area contributed by atoms with Crippen LogP contribution in [0.25, 0.3) is 0 Å². The first-order valence-corrected chi connectivity index (χ1v) is 5.70. The third kappa shape index (κ3) is 3.58. The molecule has 0 spiro atoms. The lowest BCUT2D eigenvalue weighted by Crippen LogP contribution is -2.28. The number of carbonyl (C=O) groups excluding carboxylic acids is 2. The van der Waals surface area contributed by atoms with Crippen LogP contribution in [0.1, 0.15) is 32.4 Å².